The molecule has 0 aromatic rings. The van der Waals surface area contributed by atoms with Crippen LogP contribution in [0.25, 0.3) is 0 Å². The number of rotatable bonds is 3. The molecule has 4 heteroatoms. The van der Waals surface area contributed by atoms with E-state index in [-0.39, 0.29) is 11.9 Å². The van der Waals surface area contributed by atoms with Crippen LogP contribution in [-0.2, 0) is 4.79 Å². The van der Waals surface area contributed by atoms with Crippen molar-refractivity contribution in [1.82, 2.24) is 10.6 Å². The Morgan fingerprint density at radius 1 is 1.60 bits per heavy atom. The quantitative estimate of drug-likeness (QED) is 0.611. The zero-order valence-electron chi connectivity index (χ0n) is 9.20. The molecule has 1 amide bonds. The Balaban J connectivity index is 1.85. The average Bonchev–Trinajstić information content (AvgIpc) is 2.74. The number of hydrogen-bond donors (Lipinski definition) is 3. The van der Waals surface area contributed by atoms with Crippen molar-refractivity contribution < 1.29 is 9.90 Å². The molecule has 1 saturated heterocycles. The number of carbonyl (C=O) groups excluding carboxylic acids is 1. The normalized spacial score (nSPS) is 36.3. The molecule has 86 valence electrons. The number of amides is 1. The molecular weight excluding hydrogens is 192 g/mol. The Kier molecular flexibility index (Phi) is 3.26. The lowest BCUT2D eigenvalue weighted by Crippen LogP contribution is -2.45. The van der Waals surface area contributed by atoms with Gasteiger partial charge in [0, 0.05) is 6.54 Å². The third kappa shape index (κ3) is 2.32. The Labute approximate surface area is 90.4 Å². The van der Waals surface area contributed by atoms with Gasteiger partial charge in [-0.25, -0.2) is 0 Å². The molecule has 4 nitrogen and oxygen atoms in total. The molecule has 15 heavy (non-hydrogen) atoms. The third-order valence-electron chi connectivity index (χ3n) is 3.60. The topological polar surface area (TPSA) is 61.4 Å². The maximum Gasteiger partial charge on any atom is 0.237 e. The molecule has 3 N–H and O–H groups in total. The lowest BCUT2D eigenvalue weighted by molar-refractivity contribution is -0.124. The largest absolute Gasteiger partial charge is 0.392 e. The van der Waals surface area contributed by atoms with Crippen LogP contribution in [0.3, 0.4) is 0 Å². The average molecular weight is 212 g/mol. The van der Waals surface area contributed by atoms with Crippen LogP contribution in [0.4, 0.5) is 0 Å². The van der Waals surface area contributed by atoms with Gasteiger partial charge in [-0.05, 0) is 38.1 Å². The van der Waals surface area contributed by atoms with Crippen LogP contribution in [0.5, 0.6) is 0 Å². The van der Waals surface area contributed by atoms with Gasteiger partial charge in [0.25, 0.3) is 0 Å². The zero-order chi connectivity index (χ0) is 10.8. The summed E-state index contributed by atoms with van der Waals surface area (Å²) in [5, 5.41) is 15.2. The minimum Gasteiger partial charge on any atom is -0.392 e. The first-order valence-electron chi connectivity index (χ1n) is 5.87. The van der Waals surface area contributed by atoms with E-state index >= 15 is 0 Å². The Bertz CT molecular complexity index is 243. The minimum absolute atomic E-state index is 0.0174. The Hall–Kier alpha value is -0.610. The van der Waals surface area contributed by atoms with Crippen LogP contribution in [0.1, 0.15) is 26.2 Å². The van der Waals surface area contributed by atoms with Crippen molar-refractivity contribution in [2.24, 2.45) is 11.8 Å². The molecule has 0 aromatic heterocycles. The van der Waals surface area contributed by atoms with Crippen LogP contribution in [-0.4, -0.2) is 36.2 Å². The summed E-state index contributed by atoms with van der Waals surface area (Å²) in [6.07, 6.45) is 3.23. The van der Waals surface area contributed by atoms with Gasteiger partial charge in [0.15, 0.2) is 0 Å². The van der Waals surface area contributed by atoms with E-state index in [0.717, 1.165) is 6.54 Å². The third-order valence-corrected chi connectivity index (χ3v) is 3.60. The standard InChI is InChI=1S/C11H20N2O2/c1-7(14)5-13-11(15)10-9-4-2-3-8(9)6-12-10/h7-10,12,14H,2-6H2,1H3,(H,13,15). The summed E-state index contributed by atoms with van der Waals surface area (Å²) < 4.78 is 0. The van der Waals surface area contributed by atoms with Gasteiger partial charge in [0.05, 0.1) is 12.1 Å². The lowest BCUT2D eigenvalue weighted by atomic mass is 9.93. The van der Waals surface area contributed by atoms with E-state index in [2.05, 4.69) is 10.6 Å². The maximum atomic E-state index is 11.8. The van der Waals surface area contributed by atoms with E-state index in [4.69, 9.17) is 5.11 Å². The van der Waals surface area contributed by atoms with Crippen molar-refractivity contribution in [3.05, 3.63) is 0 Å². The van der Waals surface area contributed by atoms with Crippen molar-refractivity contribution in [2.45, 2.75) is 38.3 Å². The predicted molar refractivity (Wildman–Crippen MR) is 57.3 cm³/mol. The van der Waals surface area contributed by atoms with E-state index in [0.29, 0.717) is 18.4 Å². The molecule has 0 radical (unpaired) electrons. The Morgan fingerprint density at radius 3 is 3.13 bits per heavy atom. The monoisotopic (exact) mass is 212 g/mol. The lowest BCUT2D eigenvalue weighted by Gasteiger charge is -2.18. The second-order valence-electron chi connectivity index (χ2n) is 4.83. The van der Waals surface area contributed by atoms with Crippen molar-refractivity contribution in [1.29, 1.82) is 0 Å². The van der Waals surface area contributed by atoms with Crippen LogP contribution < -0.4 is 10.6 Å². The predicted octanol–water partition coefficient (Wildman–Crippen LogP) is -0.128. The summed E-state index contributed by atoms with van der Waals surface area (Å²) >= 11 is 0. The van der Waals surface area contributed by atoms with Crippen LogP contribution in [0, 0.1) is 11.8 Å². The highest BCUT2D eigenvalue weighted by Crippen LogP contribution is 2.37. The maximum absolute atomic E-state index is 11.8. The molecule has 2 rings (SSSR count). The molecule has 0 bridgehead atoms. The molecule has 0 aromatic carbocycles. The highest BCUT2D eigenvalue weighted by Gasteiger charge is 2.42. The fraction of sp³-hybridized carbons (Fsp3) is 0.909. The fourth-order valence-corrected chi connectivity index (χ4v) is 2.83. The van der Waals surface area contributed by atoms with Crippen molar-refractivity contribution in [3.63, 3.8) is 0 Å². The highest BCUT2D eigenvalue weighted by molar-refractivity contribution is 5.82. The van der Waals surface area contributed by atoms with Gasteiger partial charge in [0.1, 0.15) is 0 Å². The molecule has 4 atom stereocenters. The van der Waals surface area contributed by atoms with Crippen LogP contribution in [0.2, 0.25) is 0 Å². The van der Waals surface area contributed by atoms with Crippen molar-refractivity contribution >= 4 is 5.91 Å². The van der Waals surface area contributed by atoms with E-state index in [1.165, 1.54) is 19.3 Å². The molecule has 1 aliphatic carbocycles. The van der Waals surface area contributed by atoms with Gasteiger partial charge in [-0.2, -0.15) is 0 Å². The zero-order valence-corrected chi connectivity index (χ0v) is 9.20. The van der Waals surface area contributed by atoms with E-state index in [9.17, 15) is 4.79 Å². The molecule has 2 fully saturated rings. The van der Waals surface area contributed by atoms with Gasteiger partial charge >= 0.3 is 0 Å². The summed E-state index contributed by atoms with van der Waals surface area (Å²) in [4.78, 5) is 11.8. The van der Waals surface area contributed by atoms with E-state index in [1.54, 1.807) is 6.92 Å². The number of aliphatic hydroxyl groups is 1. The van der Waals surface area contributed by atoms with Gasteiger partial charge in [0.2, 0.25) is 5.91 Å². The van der Waals surface area contributed by atoms with E-state index in [1.807, 2.05) is 0 Å². The molecule has 1 saturated carbocycles. The minimum atomic E-state index is -0.463. The number of carbonyl (C=O) groups is 1. The molecular formula is C11H20N2O2. The molecule has 0 spiro atoms. The Morgan fingerprint density at radius 2 is 2.40 bits per heavy atom. The molecule has 1 heterocycles. The second-order valence-corrected chi connectivity index (χ2v) is 4.83. The summed E-state index contributed by atoms with van der Waals surface area (Å²) in [5.74, 6) is 1.29. The second kappa shape index (κ2) is 4.49. The smallest absolute Gasteiger partial charge is 0.237 e. The summed E-state index contributed by atoms with van der Waals surface area (Å²) in [7, 11) is 0. The van der Waals surface area contributed by atoms with Gasteiger partial charge in [-0.15, -0.1) is 0 Å². The first-order chi connectivity index (χ1) is 7.18. The first-order valence-corrected chi connectivity index (χ1v) is 5.87. The number of aliphatic hydroxyl groups excluding tert-OH is 1. The fourth-order valence-electron chi connectivity index (χ4n) is 2.83. The van der Waals surface area contributed by atoms with Crippen molar-refractivity contribution in [3.8, 4) is 0 Å². The van der Waals surface area contributed by atoms with Crippen LogP contribution in [0.15, 0.2) is 0 Å². The number of nitrogens with one attached hydrogen (secondary N) is 2. The highest BCUT2D eigenvalue weighted by atomic mass is 16.3. The van der Waals surface area contributed by atoms with Gasteiger partial charge < -0.3 is 15.7 Å². The van der Waals surface area contributed by atoms with Crippen molar-refractivity contribution in [2.75, 3.05) is 13.1 Å². The summed E-state index contributed by atoms with van der Waals surface area (Å²) in [6.45, 7) is 3.02. The molecule has 2 aliphatic rings. The van der Waals surface area contributed by atoms with Crippen LogP contribution >= 0.6 is 0 Å². The number of fused-ring (bicyclic) bond motifs is 1. The summed E-state index contributed by atoms with van der Waals surface area (Å²) in [6, 6.07) is -0.0174. The van der Waals surface area contributed by atoms with Gasteiger partial charge in [-0.3, -0.25) is 4.79 Å². The summed E-state index contributed by atoms with van der Waals surface area (Å²) in [5.41, 5.74) is 0. The number of hydrogen-bond acceptors (Lipinski definition) is 3. The van der Waals surface area contributed by atoms with Gasteiger partial charge in [-0.1, -0.05) is 6.42 Å². The van der Waals surface area contributed by atoms with E-state index < -0.39 is 6.10 Å². The first kappa shape index (κ1) is 10.9. The SMILES string of the molecule is CC(O)CNC(=O)C1NCC2CCCC21. The molecule has 1 aliphatic heterocycles. The molecule has 4 unspecified atom stereocenters.